The predicted molar refractivity (Wildman–Crippen MR) is 68.4 cm³/mol. The van der Waals surface area contributed by atoms with Crippen molar-refractivity contribution in [2.75, 3.05) is 26.4 Å². The molecule has 0 saturated carbocycles. The molecule has 0 radical (unpaired) electrons. The van der Waals surface area contributed by atoms with Crippen molar-refractivity contribution < 1.29 is 18.7 Å². The molecule has 0 atom stereocenters. The van der Waals surface area contributed by atoms with Gasteiger partial charge in [-0.2, -0.15) is 0 Å². The highest BCUT2D eigenvalue weighted by Gasteiger charge is 2.14. The van der Waals surface area contributed by atoms with E-state index in [1.807, 2.05) is 0 Å². The second kappa shape index (κ2) is 7.09. The van der Waals surface area contributed by atoms with E-state index in [2.05, 4.69) is 5.32 Å². The number of rotatable bonds is 5. The highest BCUT2D eigenvalue weighted by molar-refractivity contribution is 5.77. The molecule has 0 aliphatic carbocycles. The molecule has 1 aliphatic heterocycles. The van der Waals surface area contributed by atoms with E-state index in [1.165, 1.54) is 12.1 Å². The van der Waals surface area contributed by atoms with Crippen molar-refractivity contribution in [3.8, 4) is 5.75 Å². The third-order valence-electron chi connectivity index (χ3n) is 3.12. The first kappa shape index (κ1) is 13.8. The van der Waals surface area contributed by atoms with Crippen molar-refractivity contribution >= 4 is 5.91 Å². The van der Waals surface area contributed by atoms with Gasteiger partial charge in [-0.1, -0.05) is 12.1 Å². The van der Waals surface area contributed by atoms with Crippen LogP contribution in [0.5, 0.6) is 5.75 Å². The number of amides is 1. The van der Waals surface area contributed by atoms with Crippen molar-refractivity contribution in [3.05, 3.63) is 30.1 Å². The maximum absolute atomic E-state index is 13.2. The molecular weight excluding hydrogens is 249 g/mol. The number of halogens is 1. The zero-order valence-corrected chi connectivity index (χ0v) is 10.7. The van der Waals surface area contributed by atoms with Crippen LogP contribution in [0.25, 0.3) is 0 Å². The van der Waals surface area contributed by atoms with Crippen LogP contribution in [0.3, 0.4) is 0 Å². The third kappa shape index (κ3) is 4.52. The molecule has 4 nitrogen and oxygen atoms in total. The van der Waals surface area contributed by atoms with Crippen molar-refractivity contribution in [2.45, 2.75) is 12.8 Å². The van der Waals surface area contributed by atoms with Gasteiger partial charge in [0.2, 0.25) is 0 Å². The van der Waals surface area contributed by atoms with Gasteiger partial charge in [-0.15, -0.1) is 0 Å². The van der Waals surface area contributed by atoms with Crippen LogP contribution in [0.15, 0.2) is 24.3 Å². The predicted octanol–water partition coefficient (Wildman–Crippen LogP) is 1.75. The molecule has 0 aromatic heterocycles. The summed E-state index contributed by atoms with van der Waals surface area (Å²) in [5, 5.41) is 2.80. The van der Waals surface area contributed by atoms with Gasteiger partial charge in [0.15, 0.2) is 18.2 Å². The maximum atomic E-state index is 13.2. The number of carbonyl (C=O) groups excluding carboxylic acids is 1. The minimum absolute atomic E-state index is 0.101. The lowest BCUT2D eigenvalue weighted by Gasteiger charge is -2.22. The first-order valence-corrected chi connectivity index (χ1v) is 6.47. The number of para-hydroxylation sites is 1. The number of carbonyl (C=O) groups is 1. The van der Waals surface area contributed by atoms with Gasteiger partial charge in [-0.05, 0) is 30.9 Å². The van der Waals surface area contributed by atoms with Crippen LogP contribution in [0.1, 0.15) is 12.8 Å². The fourth-order valence-electron chi connectivity index (χ4n) is 1.96. The Morgan fingerprint density at radius 1 is 1.37 bits per heavy atom. The van der Waals surface area contributed by atoms with E-state index in [1.54, 1.807) is 12.1 Å². The molecule has 2 rings (SSSR count). The molecule has 0 unspecified atom stereocenters. The van der Waals surface area contributed by atoms with Gasteiger partial charge in [0.25, 0.3) is 5.91 Å². The highest BCUT2D eigenvalue weighted by Crippen LogP contribution is 2.15. The average molecular weight is 267 g/mol. The molecule has 1 aromatic carbocycles. The lowest BCUT2D eigenvalue weighted by Crippen LogP contribution is -2.35. The summed E-state index contributed by atoms with van der Waals surface area (Å²) in [6.07, 6.45) is 1.93. The molecule has 104 valence electrons. The zero-order valence-electron chi connectivity index (χ0n) is 10.7. The molecule has 19 heavy (non-hydrogen) atoms. The quantitative estimate of drug-likeness (QED) is 0.884. The summed E-state index contributed by atoms with van der Waals surface area (Å²) in [5.74, 6) is -0.121. The van der Waals surface area contributed by atoms with Gasteiger partial charge in [0.05, 0.1) is 0 Å². The second-order valence-electron chi connectivity index (χ2n) is 4.58. The molecule has 1 heterocycles. The Morgan fingerprint density at radius 3 is 2.84 bits per heavy atom. The summed E-state index contributed by atoms with van der Waals surface area (Å²) in [4.78, 5) is 11.6. The molecule has 1 aliphatic rings. The van der Waals surface area contributed by atoms with Crippen LogP contribution in [-0.4, -0.2) is 32.3 Å². The minimum Gasteiger partial charge on any atom is -0.481 e. The Morgan fingerprint density at radius 2 is 2.11 bits per heavy atom. The lowest BCUT2D eigenvalue weighted by molar-refractivity contribution is -0.123. The van der Waals surface area contributed by atoms with Crippen molar-refractivity contribution in [3.63, 3.8) is 0 Å². The van der Waals surface area contributed by atoms with Crippen molar-refractivity contribution in [1.82, 2.24) is 5.32 Å². The van der Waals surface area contributed by atoms with Gasteiger partial charge >= 0.3 is 0 Å². The van der Waals surface area contributed by atoms with Gasteiger partial charge in [0, 0.05) is 19.8 Å². The van der Waals surface area contributed by atoms with E-state index in [0.29, 0.717) is 12.5 Å². The smallest absolute Gasteiger partial charge is 0.257 e. The highest BCUT2D eigenvalue weighted by atomic mass is 19.1. The van der Waals surface area contributed by atoms with E-state index in [-0.39, 0.29) is 18.3 Å². The summed E-state index contributed by atoms with van der Waals surface area (Å²) in [7, 11) is 0. The van der Waals surface area contributed by atoms with Crippen LogP contribution in [-0.2, 0) is 9.53 Å². The Labute approximate surface area is 111 Å². The fraction of sp³-hybridized carbons (Fsp3) is 0.500. The van der Waals surface area contributed by atoms with Gasteiger partial charge in [0.1, 0.15) is 0 Å². The standard InChI is InChI=1S/C14H18FNO3/c15-12-3-1-2-4-13(12)19-10-14(17)16-9-11-5-7-18-8-6-11/h1-4,11H,5-10H2,(H,16,17). The summed E-state index contributed by atoms with van der Waals surface area (Å²) < 4.78 is 23.6. The van der Waals surface area contributed by atoms with Crippen LogP contribution in [0.2, 0.25) is 0 Å². The number of hydrogen-bond acceptors (Lipinski definition) is 3. The normalized spacial score (nSPS) is 16.1. The van der Waals surface area contributed by atoms with Crippen LogP contribution in [0.4, 0.5) is 4.39 Å². The fourth-order valence-corrected chi connectivity index (χ4v) is 1.96. The lowest BCUT2D eigenvalue weighted by atomic mass is 10.0. The van der Waals surface area contributed by atoms with E-state index in [0.717, 1.165) is 26.1 Å². The molecule has 5 heteroatoms. The Hall–Kier alpha value is -1.62. The summed E-state index contributed by atoms with van der Waals surface area (Å²) in [5.41, 5.74) is 0. The van der Waals surface area contributed by atoms with Crippen molar-refractivity contribution in [1.29, 1.82) is 0 Å². The van der Waals surface area contributed by atoms with E-state index in [4.69, 9.17) is 9.47 Å². The molecule has 1 N–H and O–H groups in total. The summed E-state index contributed by atoms with van der Waals surface area (Å²) >= 11 is 0. The first-order valence-electron chi connectivity index (χ1n) is 6.47. The van der Waals surface area contributed by atoms with Crippen LogP contribution >= 0.6 is 0 Å². The van der Waals surface area contributed by atoms with Gasteiger partial charge in [-0.25, -0.2) is 4.39 Å². The van der Waals surface area contributed by atoms with Crippen LogP contribution in [0, 0.1) is 11.7 Å². The number of benzene rings is 1. The Bertz CT molecular complexity index is 419. The van der Waals surface area contributed by atoms with E-state index < -0.39 is 5.82 Å². The SMILES string of the molecule is O=C(COc1ccccc1F)NCC1CCOCC1. The Balaban J connectivity index is 1.68. The third-order valence-corrected chi connectivity index (χ3v) is 3.12. The van der Waals surface area contributed by atoms with E-state index >= 15 is 0 Å². The number of ether oxygens (including phenoxy) is 2. The topological polar surface area (TPSA) is 47.6 Å². The summed E-state index contributed by atoms with van der Waals surface area (Å²) in [6, 6.07) is 6.04. The minimum atomic E-state index is -0.459. The monoisotopic (exact) mass is 267 g/mol. The molecule has 1 aromatic rings. The number of hydrogen-bond donors (Lipinski definition) is 1. The second-order valence-corrected chi connectivity index (χ2v) is 4.58. The average Bonchev–Trinajstić information content (AvgIpc) is 2.45. The summed E-state index contributed by atoms with van der Waals surface area (Å²) in [6.45, 7) is 1.98. The molecular formula is C14H18FNO3. The Kier molecular flexibility index (Phi) is 5.15. The first-order chi connectivity index (χ1) is 9.25. The zero-order chi connectivity index (χ0) is 13.5. The molecule has 1 fully saturated rings. The maximum Gasteiger partial charge on any atom is 0.257 e. The molecule has 1 amide bonds. The van der Waals surface area contributed by atoms with E-state index in [9.17, 15) is 9.18 Å². The van der Waals surface area contributed by atoms with Gasteiger partial charge in [-0.3, -0.25) is 4.79 Å². The number of nitrogens with one attached hydrogen (secondary N) is 1. The van der Waals surface area contributed by atoms with Crippen molar-refractivity contribution in [2.24, 2.45) is 5.92 Å². The molecule has 0 bridgehead atoms. The van der Waals surface area contributed by atoms with Gasteiger partial charge < -0.3 is 14.8 Å². The largest absolute Gasteiger partial charge is 0.481 e. The van der Waals surface area contributed by atoms with Crippen LogP contribution < -0.4 is 10.1 Å². The molecule has 0 spiro atoms. The molecule has 1 saturated heterocycles.